The number of carbonyl (C=O) groups excluding carboxylic acids is 1. The van der Waals surface area contributed by atoms with Crippen LogP contribution in [-0.4, -0.2) is 12.6 Å². The average Bonchev–Trinajstić information content (AvgIpc) is 2.54. The quantitative estimate of drug-likeness (QED) is 0.723. The maximum atomic E-state index is 12.2. The summed E-state index contributed by atoms with van der Waals surface area (Å²) in [6, 6.07) is 10.3. The van der Waals surface area contributed by atoms with Gasteiger partial charge in [-0.2, -0.15) is 0 Å². The van der Waals surface area contributed by atoms with Crippen molar-refractivity contribution in [3.05, 3.63) is 41.5 Å². The Hall–Kier alpha value is -1.57. The van der Waals surface area contributed by atoms with E-state index in [1.807, 2.05) is 32.0 Å². The number of rotatable bonds is 5. The van der Waals surface area contributed by atoms with Gasteiger partial charge in [0.2, 0.25) is 0 Å². The molecule has 0 N–H and O–H groups in total. The minimum atomic E-state index is -0.145. The maximum absolute atomic E-state index is 12.2. The van der Waals surface area contributed by atoms with E-state index in [4.69, 9.17) is 4.74 Å². The Balaban J connectivity index is 2.25. The second-order valence-corrected chi connectivity index (χ2v) is 5.86. The molecular weight excluding hydrogens is 260 g/mol. The minimum Gasteiger partial charge on any atom is -0.466 e. The van der Waals surface area contributed by atoms with Crippen molar-refractivity contribution >= 4 is 12.0 Å². The lowest BCUT2D eigenvalue weighted by atomic mass is 9.78. The van der Waals surface area contributed by atoms with Crippen LogP contribution in [0.15, 0.2) is 35.9 Å². The number of hydrogen-bond acceptors (Lipinski definition) is 2. The van der Waals surface area contributed by atoms with Gasteiger partial charge in [-0.15, -0.1) is 0 Å². The SMILES string of the molecule is CCOC(=O)C(C)/C(=C/c1ccccc1)C1CCCCC1. The molecule has 1 aliphatic carbocycles. The van der Waals surface area contributed by atoms with Gasteiger partial charge in [-0.25, -0.2) is 0 Å². The summed E-state index contributed by atoms with van der Waals surface area (Å²) in [5, 5.41) is 0. The second-order valence-electron chi connectivity index (χ2n) is 5.86. The van der Waals surface area contributed by atoms with E-state index in [0.29, 0.717) is 12.5 Å². The molecule has 0 saturated heterocycles. The van der Waals surface area contributed by atoms with Gasteiger partial charge in [0, 0.05) is 0 Å². The highest BCUT2D eigenvalue weighted by Crippen LogP contribution is 2.35. The monoisotopic (exact) mass is 286 g/mol. The van der Waals surface area contributed by atoms with Gasteiger partial charge < -0.3 is 4.74 Å². The van der Waals surface area contributed by atoms with E-state index in [0.717, 1.165) is 0 Å². The molecule has 2 heteroatoms. The fraction of sp³-hybridized carbons (Fsp3) is 0.526. The van der Waals surface area contributed by atoms with Gasteiger partial charge >= 0.3 is 5.97 Å². The largest absolute Gasteiger partial charge is 0.466 e. The number of esters is 1. The zero-order valence-electron chi connectivity index (χ0n) is 13.2. The summed E-state index contributed by atoms with van der Waals surface area (Å²) in [5.74, 6) is 0.289. The number of benzene rings is 1. The van der Waals surface area contributed by atoms with Crippen LogP contribution in [0, 0.1) is 11.8 Å². The summed E-state index contributed by atoms with van der Waals surface area (Å²) in [5.41, 5.74) is 2.42. The van der Waals surface area contributed by atoms with Crippen LogP contribution in [0.1, 0.15) is 51.5 Å². The first kappa shape index (κ1) is 15.8. The molecule has 1 unspecified atom stereocenters. The molecule has 0 aliphatic heterocycles. The van der Waals surface area contributed by atoms with Crippen molar-refractivity contribution in [3.63, 3.8) is 0 Å². The number of ether oxygens (including phenoxy) is 1. The number of carbonyl (C=O) groups is 1. The van der Waals surface area contributed by atoms with Crippen molar-refractivity contribution in [2.45, 2.75) is 46.0 Å². The van der Waals surface area contributed by atoms with Crippen molar-refractivity contribution in [2.24, 2.45) is 11.8 Å². The van der Waals surface area contributed by atoms with Crippen LogP contribution in [0.25, 0.3) is 6.08 Å². The van der Waals surface area contributed by atoms with Crippen LogP contribution >= 0.6 is 0 Å². The van der Waals surface area contributed by atoms with Gasteiger partial charge in [0.15, 0.2) is 0 Å². The summed E-state index contributed by atoms with van der Waals surface area (Å²) < 4.78 is 5.23. The molecule has 0 aromatic heterocycles. The third kappa shape index (κ3) is 4.45. The molecule has 2 rings (SSSR count). The Morgan fingerprint density at radius 3 is 2.52 bits per heavy atom. The van der Waals surface area contributed by atoms with Crippen LogP contribution in [0.3, 0.4) is 0 Å². The van der Waals surface area contributed by atoms with E-state index in [1.54, 1.807) is 0 Å². The first-order chi connectivity index (χ1) is 10.2. The summed E-state index contributed by atoms with van der Waals surface area (Å²) >= 11 is 0. The standard InChI is InChI=1S/C19H26O2/c1-3-21-19(20)15(2)18(17-12-8-5-9-13-17)14-16-10-6-4-7-11-16/h4,6-7,10-11,14-15,17H,3,5,8-9,12-13H2,1-2H3/b18-14-. The van der Waals surface area contributed by atoms with Gasteiger partial charge in [0.25, 0.3) is 0 Å². The lowest BCUT2D eigenvalue weighted by Gasteiger charge is -2.27. The van der Waals surface area contributed by atoms with Crippen molar-refractivity contribution < 1.29 is 9.53 Å². The Kier molecular flexibility index (Phi) is 6.04. The molecule has 1 aromatic rings. The zero-order valence-corrected chi connectivity index (χ0v) is 13.2. The van der Waals surface area contributed by atoms with Crippen LogP contribution in [0.2, 0.25) is 0 Å². The van der Waals surface area contributed by atoms with Crippen LogP contribution in [-0.2, 0) is 9.53 Å². The zero-order chi connectivity index (χ0) is 15.1. The highest BCUT2D eigenvalue weighted by atomic mass is 16.5. The van der Waals surface area contributed by atoms with Crippen molar-refractivity contribution in [3.8, 4) is 0 Å². The molecule has 0 bridgehead atoms. The fourth-order valence-corrected chi connectivity index (χ4v) is 3.18. The van der Waals surface area contributed by atoms with Gasteiger partial charge in [-0.3, -0.25) is 4.79 Å². The molecule has 1 atom stereocenters. The van der Waals surface area contributed by atoms with Crippen molar-refractivity contribution in [1.82, 2.24) is 0 Å². The Labute approximate surface area is 128 Å². The van der Waals surface area contributed by atoms with Crippen molar-refractivity contribution in [1.29, 1.82) is 0 Å². The summed E-state index contributed by atoms with van der Waals surface area (Å²) in [6.07, 6.45) is 8.46. The first-order valence-corrected chi connectivity index (χ1v) is 8.15. The molecule has 114 valence electrons. The molecule has 0 amide bonds. The third-order valence-electron chi connectivity index (χ3n) is 4.35. The van der Waals surface area contributed by atoms with Gasteiger partial charge in [0.1, 0.15) is 0 Å². The van der Waals surface area contributed by atoms with Gasteiger partial charge in [-0.1, -0.05) is 61.2 Å². The molecule has 0 radical (unpaired) electrons. The average molecular weight is 286 g/mol. The van der Waals surface area contributed by atoms with E-state index in [9.17, 15) is 4.79 Å². The molecule has 21 heavy (non-hydrogen) atoms. The number of hydrogen-bond donors (Lipinski definition) is 0. The van der Waals surface area contributed by atoms with E-state index in [2.05, 4.69) is 18.2 Å². The van der Waals surface area contributed by atoms with Gasteiger partial charge in [0.05, 0.1) is 12.5 Å². The van der Waals surface area contributed by atoms with E-state index in [-0.39, 0.29) is 11.9 Å². The van der Waals surface area contributed by atoms with E-state index < -0.39 is 0 Å². The second kappa shape index (κ2) is 8.02. The summed E-state index contributed by atoms with van der Waals surface area (Å²) in [7, 11) is 0. The third-order valence-corrected chi connectivity index (χ3v) is 4.35. The highest BCUT2D eigenvalue weighted by Gasteiger charge is 2.27. The predicted molar refractivity (Wildman–Crippen MR) is 86.8 cm³/mol. The van der Waals surface area contributed by atoms with Crippen molar-refractivity contribution in [2.75, 3.05) is 6.61 Å². The Morgan fingerprint density at radius 1 is 1.24 bits per heavy atom. The lowest BCUT2D eigenvalue weighted by molar-refractivity contribution is -0.146. The molecule has 0 spiro atoms. The van der Waals surface area contributed by atoms with Crippen LogP contribution < -0.4 is 0 Å². The molecule has 1 fully saturated rings. The molecular formula is C19H26O2. The predicted octanol–water partition coefficient (Wildman–Crippen LogP) is 4.85. The smallest absolute Gasteiger partial charge is 0.312 e. The first-order valence-electron chi connectivity index (χ1n) is 8.15. The van der Waals surface area contributed by atoms with Crippen LogP contribution in [0.4, 0.5) is 0 Å². The van der Waals surface area contributed by atoms with Gasteiger partial charge in [-0.05, 0) is 38.2 Å². The lowest BCUT2D eigenvalue weighted by Crippen LogP contribution is -2.22. The summed E-state index contributed by atoms with van der Waals surface area (Å²) in [6.45, 7) is 4.31. The van der Waals surface area contributed by atoms with E-state index >= 15 is 0 Å². The van der Waals surface area contributed by atoms with E-state index in [1.165, 1.54) is 43.2 Å². The molecule has 0 heterocycles. The molecule has 2 nitrogen and oxygen atoms in total. The Bertz CT molecular complexity index is 470. The Morgan fingerprint density at radius 2 is 1.90 bits per heavy atom. The molecule has 1 saturated carbocycles. The fourth-order valence-electron chi connectivity index (χ4n) is 3.18. The molecule has 1 aliphatic rings. The topological polar surface area (TPSA) is 26.3 Å². The normalized spacial score (nSPS) is 18.3. The highest BCUT2D eigenvalue weighted by molar-refractivity contribution is 5.77. The summed E-state index contributed by atoms with van der Waals surface area (Å²) in [4.78, 5) is 12.2. The maximum Gasteiger partial charge on any atom is 0.312 e. The minimum absolute atomic E-state index is 0.0924. The van der Waals surface area contributed by atoms with Crippen LogP contribution in [0.5, 0.6) is 0 Å². The molecule has 1 aromatic carbocycles.